The van der Waals surface area contributed by atoms with E-state index in [1.165, 1.54) is 0 Å². The highest BCUT2D eigenvalue weighted by atomic mass is 35.5. The molecule has 144 valence electrons. The van der Waals surface area contributed by atoms with Crippen molar-refractivity contribution in [3.05, 3.63) is 47.3 Å². The van der Waals surface area contributed by atoms with Crippen LogP contribution in [-0.4, -0.2) is 26.4 Å². The number of allylic oxidation sites excluding steroid dienone is 1. The van der Waals surface area contributed by atoms with E-state index in [0.717, 1.165) is 48.6 Å². The van der Waals surface area contributed by atoms with Crippen LogP contribution in [0.25, 0.3) is 0 Å². The molecule has 0 aliphatic heterocycles. The predicted octanol–water partition coefficient (Wildman–Crippen LogP) is 4.74. The number of alkyl halides is 3. The minimum absolute atomic E-state index is 0.0344. The molecule has 1 N–H and O–H groups in total. The summed E-state index contributed by atoms with van der Waals surface area (Å²) < 4.78 is 40.3. The van der Waals surface area contributed by atoms with Gasteiger partial charge < -0.3 is 9.88 Å². The number of aromatic nitrogens is 3. The summed E-state index contributed by atoms with van der Waals surface area (Å²) in [4.78, 5) is 12.2. The molecule has 2 aromatic rings. The maximum atomic E-state index is 12.8. The fourth-order valence-electron chi connectivity index (χ4n) is 2.46. The summed E-state index contributed by atoms with van der Waals surface area (Å²) in [5.74, 6) is 0.748. The van der Waals surface area contributed by atoms with Crippen molar-refractivity contribution in [3.8, 4) is 0 Å². The fraction of sp³-hybridized carbons (Fsp3) is 0.353. The van der Waals surface area contributed by atoms with Gasteiger partial charge >= 0.3 is 6.18 Å². The second kappa shape index (κ2) is 7.93. The zero-order valence-electron chi connectivity index (χ0n) is 14.1. The lowest BCUT2D eigenvalue weighted by atomic mass is 10.2. The molecule has 1 aliphatic rings. The normalized spacial score (nSPS) is 14.2. The standard InChI is InChI=1S/C17H16ClF3N4OS/c1-2-7-25-15(10-3-4-10)23-24-16(25)27-9-14(26)22-13-8-11(17(19,20)21)5-6-12(13)18/h2,5-6,8,10H,1,3-4,7,9H2,(H,22,26). The fourth-order valence-corrected chi connectivity index (χ4v) is 3.38. The van der Waals surface area contributed by atoms with Gasteiger partial charge in [-0.1, -0.05) is 29.4 Å². The van der Waals surface area contributed by atoms with Crippen molar-refractivity contribution in [1.82, 2.24) is 14.8 Å². The molecular formula is C17H16ClF3N4OS. The SMILES string of the molecule is C=CCn1c(SCC(=O)Nc2cc(C(F)(F)F)ccc2Cl)nnc1C1CC1. The molecule has 0 atom stereocenters. The van der Waals surface area contributed by atoms with Crippen LogP contribution in [0.4, 0.5) is 18.9 Å². The van der Waals surface area contributed by atoms with Crippen LogP contribution in [0.3, 0.4) is 0 Å². The molecule has 1 aromatic heterocycles. The summed E-state index contributed by atoms with van der Waals surface area (Å²) in [5, 5.41) is 11.3. The number of hydrogen-bond donors (Lipinski definition) is 1. The quantitative estimate of drug-likeness (QED) is 0.523. The molecule has 0 saturated heterocycles. The number of carbonyl (C=O) groups is 1. The van der Waals surface area contributed by atoms with Gasteiger partial charge in [-0.25, -0.2) is 0 Å². The first kappa shape index (κ1) is 19.8. The Kier molecular flexibility index (Phi) is 5.81. The summed E-state index contributed by atoms with van der Waals surface area (Å²) in [6, 6.07) is 2.79. The van der Waals surface area contributed by atoms with Gasteiger partial charge in [-0.15, -0.1) is 16.8 Å². The number of rotatable bonds is 7. The first-order chi connectivity index (χ1) is 12.8. The maximum Gasteiger partial charge on any atom is 0.416 e. The van der Waals surface area contributed by atoms with Gasteiger partial charge in [-0.2, -0.15) is 13.2 Å². The number of carbonyl (C=O) groups excluding carboxylic acids is 1. The Balaban J connectivity index is 1.66. The van der Waals surface area contributed by atoms with Gasteiger partial charge in [-0.05, 0) is 31.0 Å². The highest BCUT2D eigenvalue weighted by Gasteiger charge is 2.31. The van der Waals surface area contributed by atoms with Gasteiger partial charge in [0, 0.05) is 12.5 Å². The summed E-state index contributed by atoms with van der Waals surface area (Å²) in [7, 11) is 0. The number of nitrogens with zero attached hydrogens (tertiary/aromatic N) is 3. The Labute approximate surface area is 163 Å². The van der Waals surface area contributed by atoms with E-state index in [9.17, 15) is 18.0 Å². The highest BCUT2D eigenvalue weighted by molar-refractivity contribution is 7.99. The van der Waals surface area contributed by atoms with E-state index in [1.807, 2.05) is 4.57 Å². The topological polar surface area (TPSA) is 59.8 Å². The predicted molar refractivity (Wildman–Crippen MR) is 98.0 cm³/mol. The van der Waals surface area contributed by atoms with Gasteiger partial charge in [0.2, 0.25) is 5.91 Å². The van der Waals surface area contributed by atoms with E-state index in [4.69, 9.17) is 11.6 Å². The zero-order valence-corrected chi connectivity index (χ0v) is 15.7. The summed E-state index contributed by atoms with van der Waals surface area (Å²) in [5.41, 5.74) is -0.960. The van der Waals surface area contributed by atoms with Crippen LogP contribution >= 0.6 is 23.4 Å². The molecular weight excluding hydrogens is 401 g/mol. The Morgan fingerprint density at radius 3 is 2.78 bits per heavy atom. The summed E-state index contributed by atoms with van der Waals surface area (Å²) in [6.07, 6.45) is -0.663. The minimum atomic E-state index is -4.51. The number of halogens is 4. The molecule has 1 aliphatic carbocycles. The maximum absolute atomic E-state index is 12.8. The van der Waals surface area contributed by atoms with Crippen LogP contribution in [0.2, 0.25) is 5.02 Å². The molecule has 3 rings (SSSR count). The molecule has 10 heteroatoms. The van der Waals surface area contributed by atoms with Gasteiger partial charge in [0.05, 0.1) is 22.0 Å². The van der Waals surface area contributed by atoms with E-state index in [-0.39, 0.29) is 16.5 Å². The molecule has 5 nitrogen and oxygen atoms in total. The Bertz CT molecular complexity index is 864. The summed E-state index contributed by atoms with van der Waals surface area (Å²) in [6.45, 7) is 4.24. The van der Waals surface area contributed by atoms with Gasteiger partial charge in [0.1, 0.15) is 5.82 Å². The second-order valence-corrected chi connectivity index (χ2v) is 7.39. The smallest absolute Gasteiger partial charge is 0.324 e. The molecule has 1 heterocycles. The first-order valence-corrected chi connectivity index (χ1v) is 9.49. The van der Waals surface area contributed by atoms with Crippen LogP contribution in [0, 0.1) is 0 Å². The van der Waals surface area contributed by atoms with Crippen LogP contribution in [-0.2, 0) is 17.5 Å². The molecule has 0 radical (unpaired) electrons. The third-order valence-corrected chi connectivity index (χ3v) is 5.20. The second-order valence-electron chi connectivity index (χ2n) is 6.04. The molecule has 1 amide bonds. The molecule has 0 spiro atoms. The lowest BCUT2D eigenvalue weighted by Crippen LogP contribution is -2.16. The van der Waals surface area contributed by atoms with Crippen LogP contribution in [0.5, 0.6) is 0 Å². The third-order valence-electron chi connectivity index (χ3n) is 3.90. The van der Waals surface area contributed by atoms with Gasteiger partial charge in [0.25, 0.3) is 0 Å². The average molecular weight is 417 g/mol. The van der Waals surface area contributed by atoms with Crippen molar-refractivity contribution in [2.24, 2.45) is 0 Å². The Morgan fingerprint density at radius 2 is 2.15 bits per heavy atom. The monoisotopic (exact) mass is 416 g/mol. The Hall–Kier alpha value is -2.00. The number of benzene rings is 1. The van der Waals surface area contributed by atoms with Crippen LogP contribution in [0.15, 0.2) is 36.0 Å². The van der Waals surface area contributed by atoms with Crippen LogP contribution in [0.1, 0.15) is 30.1 Å². The van der Waals surface area contributed by atoms with E-state index in [2.05, 4.69) is 22.1 Å². The van der Waals surface area contributed by atoms with E-state index < -0.39 is 17.6 Å². The third kappa shape index (κ3) is 4.84. The van der Waals surface area contributed by atoms with Gasteiger partial charge in [-0.3, -0.25) is 4.79 Å². The van der Waals surface area contributed by atoms with Crippen molar-refractivity contribution in [2.75, 3.05) is 11.1 Å². The molecule has 27 heavy (non-hydrogen) atoms. The molecule has 0 bridgehead atoms. The van der Waals surface area contributed by atoms with Gasteiger partial charge in [0.15, 0.2) is 5.16 Å². The number of amides is 1. The largest absolute Gasteiger partial charge is 0.416 e. The number of hydrogen-bond acceptors (Lipinski definition) is 4. The molecule has 1 fully saturated rings. The van der Waals surface area contributed by atoms with E-state index in [0.29, 0.717) is 17.6 Å². The molecule has 0 unspecified atom stereocenters. The molecule has 1 saturated carbocycles. The highest BCUT2D eigenvalue weighted by Crippen LogP contribution is 2.40. The number of nitrogens with one attached hydrogen (secondary N) is 1. The van der Waals surface area contributed by atoms with E-state index in [1.54, 1.807) is 6.08 Å². The van der Waals surface area contributed by atoms with E-state index >= 15 is 0 Å². The van der Waals surface area contributed by atoms with Crippen molar-refractivity contribution in [2.45, 2.75) is 36.6 Å². The van der Waals surface area contributed by atoms with Crippen molar-refractivity contribution in [3.63, 3.8) is 0 Å². The number of anilines is 1. The van der Waals surface area contributed by atoms with Crippen molar-refractivity contribution < 1.29 is 18.0 Å². The molecule has 1 aromatic carbocycles. The summed E-state index contributed by atoms with van der Waals surface area (Å²) >= 11 is 7.05. The number of thioether (sulfide) groups is 1. The van der Waals surface area contributed by atoms with Crippen molar-refractivity contribution in [1.29, 1.82) is 0 Å². The first-order valence-electron chi connectivity index (χ1n) is 8.13. The zero-order chi connectivity index (χ0) is 19.6. The van der Waals surface area contributed by atoms with Crippen LogP contribution < -0.4 is 5.32 Å². The van der Waals surface area contributed by atoms with Crippen molar-refractivity contribution >= 4 is 35.0 Å². The average Bonchev–Trinajstić information content (AvgIpc) is 3.36. The Morgan fingerprint density at radius 1 is 1.41 bits per heavy atom. The lowest BCUT2D eigenvalue weighted by Gasteiger charge is -2.11. The minimum Gasteiger partial charge on any atom is -0.324 e. The lowest BCUT2D eigenvalue weighted by molar-refractivity contribution is -0.137.